The van der Waals surface area contributed by atoms with E-state index in [0.29, 0.717) is 0 Å². The molecule has 100 valence electrons. The first kappa shape index (κ1) is 13.5. The lowest BCUT2D eigenvalue weighted by Crippen LogP contribution is -2.32. The van der Waals surface area contributed by atoms with Crippen molar-refractivity contribution in [2.24, 2.45) is 5.92 Å². The number of carbonyl (C=O) groups excluding carboxylic acids is 1. The van der Waals surface area contributed by atoms with E-state index in [2.05, 4.69) is 5.32 Å². The Morgan fingerprint density at radius 3 is 2.84 bits per heavy atom. The van der Waals surface area contributed by atoms with Crippen LogP contribution in [0, 0.1) is 5.92 Å². The molecule has 2 rings (SSSR count). The van der Waals surface area contributed by atoms with Gasteiger partial charge in [0.1, 0.15) is 0 Å². The SMILES string of the molecule is CC(CNC(=O)Cc1csc2ccccc12)C(=O)O. The Morgan fingerprint density at radius 1 is 1.37 bits per heavy atom. The minimum Gasteiger partial charge on any atom is -0.481 e. The summed E-state index contributed by atoms with van der Waals surface area (Å²) in [7, 11) is 0. The second kappa shape index (κ2) is 5.84. The fraction of sp³-hybridized carbons (Fsp3) is 0.286. The summed E-state index contributed by atoms with van der Waals surface area (Å²) in [6.07, 6.45) is 0.288. The Balaban J connectivity index is 1.97. The van der Waals surface area contributed by atoms with E-state index in [1.165, 1.54) is 0 Å². The third-order valence-corrected chi connectivity index (χ3v) is 3.95. The largest absolute Gasteiger partial charge is 0.481 e. The summed E-state index contributed by atoms with van der Waals surface area (Å²) in [5.41, 5.74) is 0.987. The average Bonchev–Trinajstić information content (AvgIpc) is 2.79. The maximum atomic E-state index is 11.8. The first-order chi connectivity index (χ1) is 9.08. The van der Waals surface area contributed by atoms with Gasteiger partial charge in [0.25, 0.3) is 0 Å². The number of benzene rings is 1. The van der Waals surface area contributed by atoms with Crippen LogP contribution < -0.4 is 5.32 Å². The fourth-order valence-electron chi connectivity index (χ4n) is 1.76. The Labute approximate surface area is 115 Å². The van der Waals surface area contributed by atoms with Crippen LogP contribution in [-0.4, -0.2) is 23.5 Å². The normalized spacial score (nSPS) is 12.3. The van der Waals surface area contributed by atoms with Gasteiger partial charge in [0, 0.05) is 11.2 Å². The van der Waals surface area contributed by atoms with Crippen LogP contribution in [-0.2, 0) is 16.0 Å². The molecule has 2 N–H and O–H groups in total. The number of fused-ring (bicyclic) bond motifs is 1. The molecular formula is C14H15NO3S. The van der Waals surface area contributed by atoms with Gasteiger partial charge >= 0.3 is 5.97 Å². The molecule has 0 fully saturated rings. The van der Waals surface area contributed by atoms with Crippen LogP contribution in [0.2, 0.25) is 0 Å². The maximum Gasteiger partial charge on any atom is 0.308 e. The number of carbonyl (C=O) groups is 2. The molecule has 1 heterocycles. The number of thiophene rings is 1. The molecule has 4 nitrogen and oxygen atoms in total. The number of carboxylic acid groups (broad SMARTS) is 1. The monoisotopic (exact) mass is 277 g/mol. The third-order valence-electron chi connectivity index (χ3n) is 2.94. The first-order valence-corrected chi connectivity index (χ1v) is 6.90. The standard InChI is InChI=1S/C14H15NO3S/c1-9(14(17)18)7-15-13(16)6-10-8-19-12-5-3-2-4-11(10)12/h2-5,8-9H,6-7H2,1H3,(H,15,16)(H,17,18). The van der Waals surface area contributed by atoms with E-state index >= 15 is 0 Å². The van der Waals surface area contributed by atoms with Crippen molar-refractivity contribution in [1.82, 2.24) is 5.32 Å². The topological polar surface area (TPSA) is 66.4 Å². The van der Waals surface area contributed by atoms with Crippen molar-refractivity contribution < 1.29 is 14.7 Å². The smallest absolute Gasteiger partial charge is 0.308 e. The van der Waals surface area contributed by atoms with Crippen LogP contribution in [0.15, 0.2) is 29.6 Å². The lowest BCUT2D eigenvalue weighted by Gasteiger charge is -2.08. The maximum absolute atomic E-state index is 11.8. The summed E-state index contributed by atoms with van der Waals surface area (Å²) in [4.78, 5) is 22.4. The molecule has 0 bridgehead atoms. The predicted octanol–water partition coefficient (Wildman–Crippen LogP) is 2.28. The molecule has 0 aliphatic carbocycles. The van der Waals surface area contributed by atoms with Gasteiger partial charge in [-0.2, -0.15) is 0 Å². The van der Waals surface area contributed by atoms with Gasteiger partial charge in [0.05, 0.1) is 12.3 Å². The van der Waals surface area contributed by atoms with E-state index in [1.807, 2.05) is 29.6 Å². The highest BCUT2D eigenvalue weighted by Crippen LogP contribution is 2.25. The highest BCUT2D eigenvalue weighted by Gasteiger charge is 2.13. The summed E-state index contributed by atoms with van der Waals surface area (Å²) in [6, 6.07) is 7.93. The van der Waals surface area contributed by atoms with E-state index < -0.39 is 11.9 Å². The molecule has 1 atom stereocenters. The van der Waals surface area contributed by atoms with Gasteiger partial charge in [-0.15, -0.1) is 11.3 Å². The molecule has 0 radical (unpaired) electrons. The molecule has 1 amide bonds. The number of nitrogens with one attached hydrogen (secondary N) is 1. The summed E-state index contributed by atoms with van der Waals surface area (Å²) in [5.74, 6) is -1.61. The van der Waals surface area contributed by atoms with Gasteiger partial charge in [0.2, 0.25) is 5.91 Å². The third kappa shape index (κ3) is 3.32. The summed E-state index contributed by atoms with van der Waals surface area (Å²) in [5, 5.41) is 14.5. The molecule has 1 aromatic carbocycles. The molecule has 19 heavy (non-hydrogen) atoms. The summed E-state index contributed by atoms with van der Waals surface area (Å²) in [6.45, 7) is 1.73. The van der Waals surface area contributed by atoms with Crippen LogP contribution in [0.5, 0.6) is 0 Å². The van der Waals surface area contributed by atoms with Crippen LogP contribution in [0.25, 0.3) is 10.1 Å². The fourth-order valence-corrected chi connectivity index (χ4v) is 2.72. The van der Waals surface area contributed by atoms with Crippen LogP contribution in [0.1, 0.15) is 12.5 Å². The second-order valence-corrected chi connectivity index (χ2v) is 5.39. The minimum atomic E-state index is -0.902. The average molecular weight is 277 g/mol. The zero-order chi connectivity index (χ0) is 13.8. The molecule has 5 heteroatoms. The van der Waals surface area contributed by atoms with Gasteiger partial charge in [-0.25, -0.2) is 0 Å². The Hall–Kier alpha value is -1.88. The Morgan fingerprint density at radius 2 is 2.11 bits per heavy atom. The number of hydrogen-bond acceptors (Lipinski definition) is 3. The number of carboxylic acids is 1. The van der Waals surface area contributed by atoms with Crippen molar-refractivity contribution in [3.8, 4) is 0 Å². The number of rotatable bonds is 5. The van der Waals surface area contributed by atoms with Gasteiger partial charge in [-0.1, -0.05) is 25.1 Å². The summed E-state index contributed by atoms with van der Waals surface area (Å²) >= 11 is 1.61. The van der Waals surface area contributed by atoms with Gasteiger partial charge in [-0.05, 0) is 22.4 Å². The van der Waals surface area contributed by atoms with Crippen molar-refractivity contribution >= 4 is 33.3 Å². The Bertz CT molecular complexity index is 606. The molecule has 0 aliphatic heterocycles. The lowest BCUT2D eigenvalue weighted by molar-refractivity contribution is -0.141. The quantitative estimate of drug-likeness (QED) is 0.881. The molecule has 0 saturated heterocycles. The van der Waals surface area contributed by atoms with Gasteiger partial charge in [0.15, 0.2) is 0 Å². The zero-order valence-corrected chi connectivity index (χ0v) is 11.4. The van der Waals surface area contributed by atoms with E-state index in [-0.39, 0.29) is 18.9 Å². The van der Waals surface area contributed by atoms with Crippen LogP contribution >= 0.6 is 11.3 Å². The molecule has 0 spiro atoms. The molecule has 0 aliphatic rings. The van der Waals surface area contributed by atoms with Crippen molar-refractivity contribution in [2.75, 3.05) is 6.54 Å². The highest BCUT2D eigenvalue weighted by molar-refractivity contribution is 7.17. The Kier molecular flexibility index (Phi) is 4.16. The first-order valence-electron chi connectivity index (χ1n) is 6.02. The molecule has 2 aromatic rings. The zero-order valence-electron chi connectivity index (χ0n) is 10.6. The van der Waals surface area contributed by atoms with Crippen molar-refractivity contribution in [2.45, 2.75) is 13.3 Å². The van der Waals surface area contributed by atoms with E-state index in [4.69, 9.17) is 5.11 Å². The number of amides is 1. The number of aliphatic carboxylic acids is 1. The predicted molar refractivity (Wildman–Crippen MR) is 75.3 cm³/mol. The number of hydrogen-bond donors (Lipinski definition) is 2. The van der Waals surface area contributed by atoms with E-state index in [9.17, 15) is 9.59 Å². The van der Waals surface area contributed by atoms with Gasteiger partial charge in [-0.3, -0.25) is 9.59 Å². The molecule has 1 unspecified atom stereocenters. The summed E-state index contributed by atoms with van der Waals surface area (Å²) < 4.78 is 1.16. The van der Waals surface area contributed by atoms with Gasteiger partial charge < -0.3 is 10.4 Å². The molecule has 0 saturated carbocycles. The highest BCUT2D eigenvalue weighted by atomic mass is 32.1. The van der Waals surface area contributed by atoms with Crippen molar-refractivity contribution in [1.29, 1.82) is 0 Å². The van der Waals surface area contributed by atoms with E-state index in [1.54, 1.807) is 18.3 Å². The van der Waals surface area contributed by atoms with Crippen molar-refractivity contribution in [3.05, 3.63) is 35.2 Å². The molecular weight excluding hydrogens is 262 g/mol. The molecule has 1 aromatic heterocycles. The second-order valence-electron chi connectivity index (χ2n) is 4.48. The van der Waals surface area contributed by atoms with E-state index in [0.717, 1.165) is 15.6 Å². The lowest BCUT2D eigenvalue weighted by atomic mass is 10.1. The van der Waals surface area contributed by atoms with Crippen molar-refractivity contribution in [3.63, 3.8) is 0 Å². The minimum absolute atomic E-state index is 0.142. The van der Waals surface area contributed by atoms with Crippen LogP contribution in [0.4, 0.5) is 0 Å². The van der Waals surface area contributed by atoms with Crippen LogP contribution in [0.3, 0.4) is 0 Å².